The van der Waals surface area contributed by atoms with Gasteiger partial charge in [0.15, 0.2) is 5.82 Å². The van der Waals surface area contributed by atoms with Gasteiger partial charge >= 0.3 is 0 Å². The van der Waals surface area contributed by atoms with Crippen LogP contribution in [-0.2, 0) is 6.42 Å². The normalized spacial score (nSPS) is 10.9. The Balaban J connectivity index is 1.60. The number of aromatic amines is 1. The highest BCUT2D eigenvalue weighted by Crippen LogP contribution is 2.28. The summed E-state index contributed by atoms with van der Waals surface area (Å²) >= 11 is 0. The van der Waals surface area contributed by atoms with E-state index in [4.69, 9.17) is 4.74 Å². The van der Waals surface area contributed by atoms with Crippen molar-refractivity contribution in [2.24, 2.45) is 0 Å². The van der Waals surface area contributed by atoms with Crippen molar-refractivity contribution in [1.29, 1.82) is 0 Å². The quantitative estimate of drug-likeness (QED) is 0.587. The number of aromatic nitrogens is 5. The molecule has 0 saturated carbocycles. The monoisotopic (exact) mass is 363 g/mol. The number of methoxy groups -OCH3 is 1. The minimum atomic E-state index is -0.253. The molecule has 0 aliphatic heterocycles. The van der Waals surface area contributed by atoms with Crippen LogP contribution >= 0.6 is 0 Å². The minimum Gasteiger partial charge on any atom is -0.495 e. The molecule has 2 heterocycles. The van der Waals surface area contributed by atoms with Crippen LogP contribution < -0.4 is 4.74 Å². The maximum atomic E-state index is 13.0. The van der Waals surface area contributed by atoms with E-state index >= 15 is 0 Å². The number of imidazole rings is 1. The number of benzene rings is 2. The lowest BCUT2D eigenvalue weighted by atomic mass is 10.1. The summed E-state index contributed by atoms with van der Waals surface area (Å²) in [6.45, 7) is 1.94. The molecule has 0 bridgehead atoms. The van der Waals surface area contributed by atoms with Crippen LogP contribution in [0.4, 0.5) is 4.39 Å². The SMILES string of the molecule is COc1cc(-c2n[nH]c(Cc3ccc(F)cc3)n2)ccc1-n1cnc(C)c1. The molecule has 0 unspecified atom stereocenters. The van der Waals surface area contributed by atoms with E-state index in [1.54, 1.807) is 25.6 Å². The lowest BCUT2D eigenvalue weighted by molar-refractivity contribution is 0.413. The average molecular weight is 363 g/mol. The molecule has 4 rings (SSSR count). The zero-order chi connectivity index (χ0) is 18.8. The van der Waals surface area contributed by atoms with Gasteiger partial charge in [-0.05, 0) is 42.8 Å². The number of hydrogen-bond acceptors (Lipinski definition) is 4. The fourth-order valence-corrected chi connectivity index (χ4v) is 2.88. The van der Waals surface area contributed by atoms with Gasteiger partial charge in [-0.1, -0.05) is 12.1 Å². The number of rotatable bonds is 5. The summed E-state index contributed by atoms with van der Waals surface area (Å²) in [7, 11) is 1.63. The molecule has 0 atom stereocenters. The second kappa shape index (κ2) is 7.03. The van der Waals surface area contributed by atoms with E-state index in [1.807, 2.05) is 35.9 Å². The average Bonchev–Trinajstić information content (AvgIpc) is 3.32. The van der Waals surface area contributed by atoms with E-state index in [0.29, 0.717) is 23.8 Å². The summed E-state index contributed by atoms with van der Waals surface area (Å²) in [5.74, 6) is 1.75. The molecule has 0 radical (unpaired) electrons. The van der Waals surface area contributed by atoms with Gasteiger partial charge in [0.2, 0.25) is 0 Å². The third-order valence-corrected chi connectivity index (χ3v) is 4.24. The number of hydrogen-bond donors (Lipinski definition) is 1. The first-order chi connectivity index (χ1) is 13.1. The van der Waals surface area contributed by atoms with Crippen molar-refractivity contribution in [3.8, 4) is 22.8 Å². The van der Waals surface area contributed by atoms with Crippen molar-refractivity contribution in [1.82, 2.24) is 24.7 Å². The van der Waals surface area contributed by atoms with Gasteiger partial charge in [-0.15, -0.1) is 0 Å². The number of ether oxygens (including phenoxy) is 1. The number of H-pyrrole nitrogens is 1. The molecule has 7 heteroatoms. The molecule has 1 N–H and O–H groups in total. The molecule has 0 saturated heterocycles. The zero-order valence-corrected chi connectivity index (χ0v) is 15.0. The molecule has 0 fully saturated rings. The molecule has 6 nitrogen and oxygen atoms in total. The number of aryl methyl sites for hydroxylation is 1. The van der Waals surface area contributed by atoms with Gasteiger partial charge in [0, 0.05) is 18.2 Å². The van der Waals surface area contributed by atoms with E-state index in [2.05, 4.69) is 20.2 Å². The van der Waals surface area contributed by atoms with Crippen LogP contribution in [0.25, 0.3) is 17.1 Å². The summed E-state index contributed by atoms with van der Waals surface area (Å²) in [6.07, 6.45) is 4.24. The second-order valence-corrected chi connectivity index (χ2v) is 6.22. The molecule has 2 aromatic heterocycles. The molecule has 0 amide bonds. The Morgan fingerprint density at radius 1 is 1.15 bits per heavy atom. The van der Waals surface area contributed by atoms with Crippen molar-refractivity contribution in [3.05, 3.63) is 77.9 Å². The number of halogens is 1. The summed E-state index contributed by atoms with van der Waals surface area (Å²) in [6, 6.07) is 12.1. The third kappa shape index (κ3) is 3.57. The van der Waals surface area contributed by atoms with E-state index in [9.17, 15) is 4.39 Å². The number of nitrogens with zero attached hydrogens (tertiary/aromatic N) is 4. The van der Waals surface area contributed by atoms with E-state index in [1.165, 1.54) is 12.1 Å². The lowest BCUT2D eigenvalue weighted by Gasteiger charge is -2.10. The Morgan fingerprint density at radius 3 is 2.67 bits per heavy atom. The smallest absolute Gasteiger partial charge is 0.181 e. The van der Waals surface area contributed by atoms with Gasteiger partial charge in [-0.3, -0.25) is 5.10 Å². The van der Waals surface area contributed by atoms with Gasteiger partial charge < -0.3 is 9.30 Å². The van der Waals surface area contributed by atoms with E-state index in [0.717, 1.165) is 22.5 Å². The Bertz CT molecular complexity index is 1070. The summed E-state index contributed by atoms with van der Waals surface area (Å²) in [5.41, 5.74) is 3.63. The Labute approximate surface area is 155 Å². The second-order valence-electron chi connectivity index (χ2n) is 6.22. The van der Waals surface area contributed by atoms with Crippen molar-refractivity contribution >= 4 is 0 Å². The van der Waals surface area contributed by atoms with E-state index in [-0.39, 0.29) is 5.82 Å². The van der Waals surface area contributed by atoms with Crippen LogP contribution in [0, 0.1) is 12.7 Å². The predicted octanol–water partition coefficient (Wildman–Crippen LogP) is 3.70. The standard InChI is InChI=1S/C20H18FN5O/c1-13-11-26(12-22-13)17-8-5-15(10-18(17)27-2)20-23-19(24-25-20)9-14-3-6-16(21)7-4-14/h3-8,10-12H,9H2,1-2H3,(H,23,24,25). The molecule has 136 valence electrons. The molecule has 0 spiro atoms. The van der Waals surface area contributed by atoms with Crippen molar-refractivity contribution in [2.45, 2.75) is 13.3 Å². The van der Waals surface area contributed by atoms with Crippen LogP contribution in [0.5, 0.6) is 5.75 Å². The van der Waals surface area contributed by atoms with Gasteiger partial charge in [-0.25, -0.2) is 14.4 Å². The van der Waals surface area contributed by atoms with Crippen molar-refractivity contribution in [2.75, 3.05) is 7.11 Å². The maximum Gasteiger partial charge on any atom is 0.181 e. The van der Waals surface area contributed by atoms with E-state index < -0.39 is 0 Å². The minimum absolute atomic E-state index is 0.253. The van der Waals surface area contributed by atoms with Crippen LogP contribution in [0.1, 0.15) is 17.1 Å². The topological polar surface area (TPSA) is 68.6 Å². The lowest BCUT2D eigenvalue weighted by Crippen LogP contribution is -1.96. The van der Waals surface area contributed by atoms with Gasteiger partial charge in [0.1, 0.15) is 17.4 Å². The van der Waals surface area contributed by atoms with Gasteiger partial charge in [0.25, 0.3) is 0 Å². The summed E-state index contributed by atoms with van der Waals surface area (Å²) in [5, 5.41) is 7.24. The van der Waals surface area contributed by atoms with Crippen LogP contribution in [0.2, 0.25) is 0 Å². The first-order valence-electron chi connectivity index (χ1n) is 8.47. The highest BCUT2D eigenvalue weighted by Gasteiger charge is 2.12. The number of nitrogens with one attached hydrogen (secondary N) is 1. The third-order valence-electron chi connectivity index (χ3n) is 4.24. The zero-order valence-electron chi connectivity index (χ0n) is 15.0. The Morgan fingerprint density at radius 2 is 1.96 bits per heavy atom. The van der Waals surface area contributed by atoms with Gasteiger partial charge in [0.05, 0.1) is 24.8 Å². The van der Waals surface area contributed by atoms with Crippen LogP contribution in [0.3, 0.4) is 0 Å². The molecule has 4 aromatic rings. The predicted molar refractivity (Wildman–Crippen MR) is 99.4 cm³/mol. The first-order valence-corrected chi connectivity index (χ1v) is 8.47. The summed E-state index contributed by atoms with van der Waals surface area (Å²) in [4.78, 5) is 8.80. The highest BCUT2D eigenvalue weighted by atomic mass is 19.1. The van der Waals surface area contributed by atoms with Crippen molar-refractivity contribution in [3.63, 3.8) is 0 Å². The molecular formula is C20H18FN5O. The van der Waals surface area contributed by atoms with Crippen LogP contribution in [0.15, 0.2) is 55.0 Å². The molecule has 0 aliphatic carbocycles. The van der Waals surface area contributed by atoms with Crippen LogP contribution in [-0.4, -0.2) is 31.8 Å². The molecule has 27 heavy (non-hydrogen) atoms. The highest BCUT2D eigenvalue weighted by molar-refractivity contribution is 5.63. The Kier molecular flexibility index (Phi) is 4.42. The Hall–Kier alpha value is -3.48. The molecule has 2 aromatic carbocycles. The van der Waals surface area contributed by atoms with Crippen molar-refractivity contribution < 1.29 is 9.13 Å². The van der Waals surface area contributed by atoms with Gasteiger partial charge in [-0.2, -0.15) is 5.10 Å². The molecule has 0 aliphatic rings. The molecular weight excluding hydrogens is 345 g/mol. The first kappa shape index (κ1) is 17.0. The largest absolute Gasteiger partial charge is 0.495 e. The fourth-order valence-electron chi connectivity index (χ4n) is 2.88. The maximum absolute atomic E-state index is 13.0. The summed E-state index contributed by atoms with van der Waals surface area (Å²) < 4.78 is 20.5. The fraction of sp³-hybridized carbons (Fsp3) is 0.150.